The first kappa shape index (κ1) is 17.6. The molecule has 6 heteroatoms. The third-order valence-corrected chi connectivity index (χ3v) is 5.15. The maximum absolute atomic E-state index is 12.6. The molecule has 134 valence electrons. The van der Waals surface area contributed by atoms with E-state index in [0.717, 1.165) is 32.5 Å². The predicted octanol–water partition coefficient (Wildman–Crippen LogP) is 1.75. The van der Waals surface area contributed by atoms with Crippen molar-refractivity contribution >= 4 is 23.3 Å². The largest absolute Gasteiger partial charge is 0.343 e. The fourth-order valence-electron chi connectivity index (χ4n) is 3.77. The molecule has 3 rings (SSSR count). The molecular weight excluding hydrogens is 318 g/mol. The monoisotopic (exact) mass is 343 g/mol. The van der Waals surface area contributed by atoms with Crippen LogP contribution in [0.15, 0.2) is 24.3 Å². The summed E-state index contributed by atoms with van der Waals surface area (Å²) in [6, 6.07) is 7.10. The van der Waals surface area contributed by atoms with E-state index in [-0.39, 0.29) is 11.8 Å². The Morgan fingerprint density at radius 3 is 2.64 bits per heavy atom. The van der Waals surface area contributed by atoms with Crippen LogP contribution in [0.1, 0.15) is 37.0 Å². The topological polar surface area (TPSA) is 60.9 Å². The van der Waals surface area contributed by atoms with Crippen molar-refractivity contribution in [1.82, 2.24) is 9.80 Å². The molecule has 1 aromatic carbocycles. The van der Waals surface area contributed by atoms with Crippen molar-refractivity contribution < 1.29 is 14.4 Å². The smallest absolute Gasteiger partial charge is 0.300 e. The lowest BCUT2D eigenvalue weighted by Gasteiger charge is -2.36. The number of piperidine rings is 1. The molecule has 2 aliphatic heterocycles. The van der Waals surface area contributed by atoms with E-state index in [4.69, 9.17) is 0 Å². The standard InChI is InChI=1S/C19H25N3O3/c1-3-21(4-2)18(24)14-8-7-11-20(12-14)13-22-16-10-6-5-9-15(16)17(23)19(22)25/h5-6,9-10,14H,3-4,7-8,11-13H2,1-2H3/t14-/m0/s1. The first-order valence-electron chi connectivity index (χ1n) is 9.03. The summed E-state index contributed by atoms with van der Waals surface area (Å²) < 4.78 is 0. The number of amides is 2. The van der Waals surface area contributed by atoms with E-state index in [1.807, 2.05) is 24.8 Å². The second-order valence-electron chi connectivity index (χ2n) is 6.65. The molecule has 2 amide bonds. The first-order chi connectivity index (χ1) is 12.1. The van der Waals surface area contributed by atoms with Gasteiger partial charge in [-0.3, -0.25) is 24.2 Å². The van der Waals surface area contributed by atoms with Crippen LogP contribution in [0.4, 0.5) is 5.69 Å². The molecular formula is C19H25N3O3. The Balaban J connectivity index is 1.70. The van der Waals surface area contributed by atoms with Crippen LogP contribution in [0, 0.1) is 5.92 Å². The van der Waals surface area contributed by atoms with Crippen molar-refractivity contribution in [3.63, 3.8) is 0 Å². The number of hydrogen-bond acceptors (Lipinski definition) is 4. The molecule has 0 saturated carbocycles. The molecule has 0 spiro atoms. The molecule has 1 saturated heterocycles. The highest BCUT2D eigenvalue weighted by Crippen LogP contribution is 2.29. The average Bonchev–Trinajstić information content (AvgIpc) is 2.88. The lowest BCUT2D eigenvalue weighted by atomic mass is 9.96. The number of fused-ring (bicyclic) bond motifs is 1. The van der Waals surface area contributed by atoms with Crippen molar-refractivity contribution in [2.24, 2.45) is 5.92 Å². The summed E-state index contributed by atoms with van der Waals surface area (Å²) in [4.78, 5) is 42.6. The summed E-state index contributed by atoms with van der Waals surface area (Å²) in [5, 5.41) is 0. The SMILES string of the molecule is CCN(CC)C(=O)[C@H]1CCCN(CN2C(=O)C(=O)c3ccccc32)C1. The fraction of sp³-hybridized carbons (Fsp3) is 0.526. The van der Waals surface area contributed by atoms with Crippen LogP contribution in [-0.4, -0.2) is 60.2 Å². The van der Waals surface area contributed by atoms with Crippen molar-refractivity contribution in [2.45, 2.75) is 26.7 Å². The van der Waals surface area contributed by atoms with Crippen molar-refractivity contribution in [3.05, 3.63) is 29.8 Å². The molecule has 0 radical (unpaired) electrons. The van der Waals surface area contributed by atoms with E-state index in [0.29, 0.717) is 24.5 Å². The summed E-state index contributed by atoms with van der Waals surface area (Å²) in [6.45, 7) is 7.26. The Morgan fingerprint density at radius 2 is 1.92 bits per heavy atom. The first-order valence-corrected chi connectivity index (χ1v) is 9.03. The average molecular weight is 343 g/mol. The van der Waals surface area contributed by atoms with Crippen LogP contribution in [-0.2, 0) is 9.59 Å². The number of rotatable bonds is 5. The minimum absolute atomic E-state index is 0.0303. The molecule has 1 atom stereocenters. The molecule has 0 bridgehead atoms. The van der Waals surface area contributed by atoms with Crippen LogP contribution < -0.4 is 4.90 Å². The van der Waals surface area contributed by atoms with Gasteiger partial charge in [0.05, 0.1) is 23.8 Å². The molecule has 0 N–H and O–H groups in total. The Kier molecular flexibility index (Phi) is 5.18. The van der Waals surface area contributed by atoms with Gasteiger partial charge in [-0.2, -0.15) is 0 Å². The van der Waals surface area contributed by atoms with E-state index < -0.39 is 11.7 Å². The van der Waals surface area contributed by atoms with Gasteiger partial charge in [0.2, 0.25) is 5.91 Å². The lowest BCUT2D eigenvalue weighted by molar-refractivity contribution is -0.136. The maximum Gasteiger partial charge on any atom is 0.300 e. The van der Waals surface area contributed by atoms with Gasteiger partial charge in [-0.15, -0.1) is 0 Å². The van der Waals surface area contributed by atoms with E-state index in [1.165, 1.54) is 0 Å². The molecule has 6 nitrogen and oxygen atoms in total. The van der Waals surface area contributed by atoms with Crippen LogP contribution in [0.25, 0.3) is 0 Å². The highest BCUT2D eigenvalue weighted by atomic mass is 16.2. The third-order valence-electron chi connectivity index (χ3n) is 5.15. The molecule has 0 unspecified atom stereocenters. The Bertz CT molecular complexity index is 684. The van der Waals surface area contributed by atoms with Crippen molar-refractivity contribution in [1.29, 1.82) is 0 Å². The number of carbonyl (C=O) groups excluding carboxylic acids is 3. The summed E-state index contributed by atoms with van der Waals surface area (Å²) in [5.74, 6) is -0.752. The van der Waals surface area contributed by atoms with Gasteiger partial charge in [-0.25, -0.2) is 0 Å². The summed E-state index contributed by atoms with van der Waals surface area (Å²) in [6.07, 6.45) is 1.81. The normalized spacial score (nSPS) is 20.7. The summed E-state index contributed by atoms with van der Waals surface area (Å²) in [7, 11) is 0. The molecule has 25 heavy (non-hydrogen) atoms. The second kappa shape index (κ2) is 7.35. The highest BCUT2D eigenvalue weighted by Gasteiger charge is 2.37. The summed E-state index contributed by atoms with van der Waals surface area (Å²) >= 11 is 0. The fourth-order valence-corrected chi connectivity index (χ4v) is 3.77. The Hall–Kier alpha value is -2.21. The van der Waals surface area contributed by atoms with Gasteiger partial charge in [0.1, 0.15) is 0 Å². The van der Waals surface area contributed by atoms with Crippen LogP contribution in [0.2, 0.25) is 0 Å². The number of hydrogen-bond donors (Lipinski definition) is 0. The van der Waals surface area contributed by atoms with E-state index in [2.05, 4.69) is 4.90 Å². The number of carbonyl (C=O) groups is 3. The predicted molar refractivity (Wildman–Crippen MR) is 95.4 cm³/mol. The molecule has 2 heterocycles. The molecule has 1 aromatic rings. The Morgan fingerprint density at radius 1 is 1.20 bits per heavy atom. The molecule has 2 aliphatic rings. The number of benzene rings is 1. The quantitative estimate of drug-likeness (QED) is 0.764. The number of likely N-dealkylation sites (tertiary alicyclic amines) is 1. The van der Waals surface area contributed by atoms with Crippen LogP contribution >= 0.6 is 0 Å². The van der Waals surface area contributed by atoms with E-state index in [9.17, 15) is 14.4 Å². The number of para-hydroxylation sites is 1. The second-order valence-corrected chi connectivity index (χ2v) is 6.65. The van der Waals surface area contributed by atoms with Gasteiger partial charge in [0.25, 0.3) is 5.78 Å². The maximum atomic E-state index is 12.6. The van der Waals surface area contributed by atoms with Crippen LogP contribution in [0.5, 0.6) is 0 Å². The van der Waals surface area contributed by atoms with Crippen molar-refractivity contribution in [2.75, 3.05) is 37.7 Å². The molecule has 0 aromatic heterocycles. The molecule has 0 aliphatic carbocycles. The van der Waals surface area contributed by atoms with Crippen molar-refractivity contribution in [3.8, 4) is 0 Å². The third kappa shape index (κ3) is 3.31. The zero-order valence-corrected chi connectivity index (χ0v) is 14.9. The van der Waals surface area contributed by atoms with Crippen LogP contribution in [0.3, 0.4) is 0 Å². The zero-order chi connectivity index (χ0) is 18.0. The number of anilines is 1. The minimum atomic E-state index is -0.474. The highest BCUT2D eigenvalue weighted by molar-refractivity contribution is 6.52. The van der Waals surface area contributed by atoms with Gasteiger partial charge >= 0.3 is 5.91 Å². The zero-order valence-electron chi connectivity index (χ0n) is 14.9. The van der Waals surface area contributed by atoms with Gasteiger partial charge in [-0.1, -0.05) is 12.1 Å². The van der Waals surface area contributed by atoms with E-state index >= 15 is 0 Å². The van der Waals surface area contributed by atoms with Gasteiger partial charge < -0.3 is 4.90 Å². The number of nitrogens with zero attached hydrogens (tertiary/aromatic N) is 3. The molecule has 1 fully saturated rings. The van der Waals surface area contributed by atoms with E-state index in [1.54, 1.807) is 23.1 Å². The minimum Gasteiger partial charge on any atom is -0.343 e. The van der Waals surface area contributed by atoms with Gasteiger partial charge in [0.15, 0.2) is 0 Å². The van der Waals surface area contributed by atoms with Gasteiger partial charge in [-0.05, 0) is 45.4 Å². The Labute approximate surface area is 148 Å². The number of Topliss-reactive ketones (excluding diaryl/α,β-unsaturated/α-hetero) is 1. The number of ketones is 1. The summed E-state index contributed by atoms with van der Waals surface area (Å²) in [5.41, 5.74) is 1.15. The van der Waals surface area contributed by atoms with Gasteiger partial charge in [0, 0.05) is 19.6 Å². The lowest BCUT2D eigenvalue weighted by Crippen LogP contribution is -2.49.